The smallest absolute Gasteiger partial charge is 0.309 e. The molecule has 0 radical (unpaired) electrons. The molecule has 0 fully saturated rings. The molecule has 13 heavy (non-hydrogen) atoms. The first-order valence-corrected chi connectivity index (χ1v) is 4.82. The van der Waals surface area contributed by atoms with Crippen molar-refractivity contribution in [3.63, 3.8) is 0 Å². The van der Waals surface area contributed by atoms with Gasteiger partial charge in [0.15, 0.2) is 0 Å². The lowest BCUT2D eigenvalue weighted by molar-refractivity contribution is -0.136. The van der Waals surface area contributed by atoms with Crippen LogP contribution in [-0.2, 0) is 11.2 Å². The van der Waals surface area contributed by atoms with Gasteiger partial charge in [0.2, 0.25) is 5.16 Å². The summed E-state index contributed by atoms with van der Waals surface area (Å²) in [7, 11) is 0. The third-order valence-electron chi connectivity index (χ3n) is 1.44. The normalized spacial score (nSPS) is 10.0. The van der Waals surface area contributed by atoms with Crippen LogP contribution in [-0.4, -0.2) is 32.5 Å². The third kappa shape index (κ3) is 2.66. The van der Waals surface area contributed by atoms with Gasteiger partial charge in [-0.15, -0.1) is 5.10 Å². The molecule has 0 amide bonds. The quantitative estimate of drug-likeness (QED) is 0.715. The average molecular weight is 199 g/mol. The van der Waals surface area contributed by atoms with Crippen molar-refractivity contribution in [2.24, 2.45) is 0 Å². The number of rotatable bonds is 3. The first-order valence-electron chi connectivity index (χ1n) is 3.59. The van der Waals surface area contributed by atoms with E-state index in [-0.39, 0.29) is 6.42 Å². The zero-order valence-corrected chi connectivity index (χ0v) is 8.13. The molecular weight excluding hydrogens is 190 g/mol. The molecule has 0 saturated carbocycles. The van der Waals surface area contributed by atoms with Gasteiger partial charge < -0.3 is 5.11 Å². The highest BCUT2D eigenvalue weighted by Crippen LogP contribution is 2.09. The Bertz CT molecular complexity index is 330. The number of aromatic nitrogens is 3. The van der Waals surface area contributed by atoms with Crippen molar-refractivity contribution in [3.05, 3.63) is 11.4 Å². The Balaban J connectivity index is 2.91. The molecular formula is C7H9N3O2S. The van der Waals surface area contributed by atoms with Crippen LogP contribution in [0.25, 0.3) is 0 Å². The SMILES string of the molecule is CSc1nnc(CC(=O)O)c(C)n1. The van der Waals surface area contributed by atoms with Crippen molar-refractivity contribution in [2.75, 3.05) is 6.26 Å². The topological polar surface area (TPSA) is 76.0 Å². The molecule has 0 spiro atoms. The monoisotopic (exact) mass is 199 g/mol. The fourth-order valence-corrected chi connectivity index (χ4v) is 1.15. The van der Waals surface area contributed by atoms with E-state index in [0.29, 0.717) is 16.5 Å². The molecule has 0 bridgehead atoms. The predicted octanol–water partition coefficient (Wildman–Crippen LogP) is 0.529. The summed E-state index contributed by atoms with van der Waals surface area (Å²) in [5.74, 6) is -0.920. The van der Waals surface area contributed by atoms with Crippen LogP contribution in [0.2, 0.25) is 0 Å². The van der Waals surface area contributed by atoms with Crippen LogP contribution in [0.1, 0.15) is 11.4 Å². The van der Waals surface area contributed by atoms with Crippen molar-refractivity contribution < 1.29 is 9.90 Å². The highest BCUT2D eigenvalue weighted by molar-refractivity contribution is 7.98. The van der Waals surface area contributed by atoms with E-state index >= 15 is 0 Å². The van der Waals surface area contributed by atoms with Crippen LogP contribution in [0.4, 0.5) is 0 Å². The maximum absolute atomic E-state index is 10.4. The van der Waals surface area contributed by atoms with Crippen LogP contribution in [0.5, 0.6) is 0 Å². The highest BCUT2D eigenvalue weighted by atomic mass is 32.2. The lowest BCUT2D eigenvalue weighted by Gasteiger charge is -2.00. The average Bonchev–Trinajstić information content (AvgIpc) is 2.08. The van der Waals surface area contributed by atoms with E-state index in [9.17, 15) is 4.79 Å². The lowest BCUT2D eigenvalue weighted by Crippen LogP contribution is -2.08. The molecule has 0 saturated heterocycles. The third-order valence-corrected chi connectivity index (χ3v) is 1.98. The summed E-state index contributed by atoms with van der Waals surface area (Å²) in [4.78, 5) is 14.4. The molecule has 5 nitrogen and oxygen atoms in total. The van der Waals surface area contributed by atoms with Gasteiger partial charge in [0, 0.05) is 0 Å². The lowest BCUT2D eigenvalue weighted by atomic mass is 10.2. The number of hydrogen-bond donors (Lipinski definition) is 1. The summed E-state index contributed by atoms with van der Waals surface area (Å²) in [6.07, 6.45) is 1.72. The van der Waals surface area contributed by atoms with Gasteiger partial charge in [-0.05, 0) is 13.2 Å². The second kappa shape index (κ2) is 4.18. The van der Waals surface area contributed by atoms with Crippen molar-refractivity contribution in [1.82, 2.24) is 15.2 Å². The molecule has 6 heteroatoms. The maximum atomic E-state index is 10.4. The van der Waals surface area contributed by atoms with Gasteiger partial charge >= 0.3 is 5.97 Å². The number of carbonyl (C=O) groups is 1. The minimum absolute atomic E-state index is 0.125. The van der Waals surface area contributed by atoms with E-state index < -0.39 is 5.97 Å². The Morgan fingerprint density at radius 2 is 2.23 bits per heavy atom. The first kappa shape index (κ1) is 9.91. The largest absolute Gasteiger partial charge is 0.481 e. The predicted molar refractivity (Wildman–Crippen MR) is 47.7 cm³/mol. The fourth-order valence-electron chi connectivity index (χ4n) is 0.799. The number of carboxylic acids is 1. The van der Waals surface area contributed by atoms with Crippen molar-refractivity contribution in [3.8, 4) is 0 Å². The van der Waals surface area contributed by atoms with Gasteiger partial charge in [0.25, 0.3) is 0 Å². The Morgan fingerprint density at radius 1 is 1.54 bits per heavy atom. The molecule has 70 valence electrons. The number of nitrogens with zero attached hydrogens (tertiary/aromatic N) is 3. The molecule has 0 atom stereocenters. The van der Waals surface area contributed by atoms with Gasteiger partial charge in [-0.2, -0.15) is 5.10 Å². The van der Waals surface area contributed by atoms with Crippen molar-refractivity contribution >= 4 is 17.7 Å². The van der Waals surface area contributed by atoms with E-state index in [1.807, 2.05) is 6.26 Å². The molecule has 0 unspecified atom stereocenters. The van der Waals surface area contributed by atoms with Crippen molar-refractivity contribution in [2.45, 2.75) is 18.5 Å². The Hall–Kier alpha value is -1.17. The summed E-state index contributed by atoms with van der Waals surface area (Å²) in [5, 5.41) is 16.6. The standard InChI is InChI=1S/C7H9N3O2S/c1-4-5(3-6(11)12)9-10-7(8-4)13-2/h3H2,1-2H3,(H,11,12). The van der Waals surface area contributed by atoms with Crippen LogP contribution in [0.15, 0.2) is 5.16 Å². The van der Waals surface area contributed by atoms with Crippen LogP contribution < -0.4 is 0 Å². The number of thioether (sulfide) groups is 1. The maximum Gasteiger partial charge on any atom is 0.309 e. The minimum Gasteiger partial charge on any atom is -0.481 e. The van der Waals surface area contributed by atoms with E-state index in [1.54, 1.807) is 6.92 Å². The number of carboxylic acid groups (broad SMARTS) is 1. The minimum atomic E-state index is -0.920. The van der Waals surface area contributed by atoms with Crippen molar-refractivity contribution in [1.29, 1.82) is 0 Å². The Kier molecular flexibility index (Phi) is 3.18. The van der Waals surface area contributed by atoms with Crippen LogP contribution in [0, 0.1) is 6.92 Å². The van der Waals surface area contributed by atoms with Crippen LogP contribution >= 0.6 is 11.8 Å². The van der Waals surface area contributed by atoms with Gasteiger partial charge in [0.1, 0.15) is 0 Å². The molecule has 0 aromatic carbocycles. The summed E-state index contributed by atoms with van der Waals surface area (Å²) < 4.78 is 0. The zero-order chi connectivity index (χ0) is 9.84. The number of aliphatic carboxylic acids is 1. The summed E-state index contributed by atoms with van der Waals surface area (Å²) >= 11 is 1.38. The number of aryl methyl sites for hydroxylation is 1. The Labute approximate surface area is 79.6 Å². The molecule has 1 N–H and O–H groups in total. The summed E-state index contributed by atoms with van der Waals surface area (Å²) in [6.45, 7) is 1.73. The number of hydrogen-bond acceptors (Lipinski definition) is 5. The van der Waals surface area contributed by atoms with E-state index in [2.05, 4.69) is 15.2 Å². The highest BCUT2D eigenvalue weighted by Gasteiger charge is 2.08. The van der Waals surface area contributed by atoms with Crippen LogP contribution in [0.3, 0.4) is 0 Å². The van der Waals surface area contributed by atoms with E-state index in [1.165, 1.54) is 11.8 Å². The molecule has 0 aliphatic rings. The molecule has 1 aromatic heterocycles. The fraction of sp³-hybridized carbons (Fsp3) is 0.429. The van der Waals surface area contributed by atoms with E-state index in [4.69, 9.17) is 5.11 Å². The first-order chi connectivity index (χ1) is 6.13. The van der Waals surface area contributed by atoms with Gasteiger partial charge in [-0.1, -0.05) is 11.8 Å². The second-order valence-corrected chi connectivity index (χ2v) is 3.17. The molecule has 1 rings (SSSR count). The van der Waals surface area contributed by atoms with Gasteiger partial charge in [-0.25, -0.2) is 4.98 Å². The molecule has 1 heterocycles. The van der Waals surface area contributed by atoms with E-state index in [0.717, 1.165) is 0 Å². The zero-order valence-electron chi connectivity index (χ0n) is 7.31. The van der Waals surface area contributed by atoms with Gasteiger partial charge in [-0.3, -0.25) is 4.79 Å². The summed E-state index contributed by atoms with van der Waals surface area (Å²) in [5.41, 5.74) is 1.05. The molecule has 0 aliphatic carbocycles. The second-order valence-electron chi connectivity index (χ2n) is 2.40. The molecule has 1 aromatic rings. The Morgan fingerprint density at radius 3 is 2.69 bits per heavy atom. The molecule has 0 aliphatic heterocycles. The van der Waals surface area contributed by atoms with Gasteiger partial charge in [0.05, 0.1) is 17.8 Å². The summed E-state index contributed by atoms with van der Waals surface area (Å²) in [6, 6.07) is 0.